The van der Waals surface area contributed by atoms with Crippen molar-refractivity contribution in [3.05, 3.63) is 70.0 Å². The van der Waals surface area contributed by atoms with E-state index in [0.29, 0.717) is 33.9 Å². The lowest BCUT2D eigenvalue weighted by Crippen LogP contribution is -2.31. The Morgan fingerprint density at radius 1 is 1.09 bits per heavy atom. The molecule has 180 valence electrons. The number of halogens is 1. The van der Waals surface area contributed by atoms with E-state index in [1.165, 1.54) is 11.8 Å². The highest BCUT2D eigenvalue weighted by atomic mass is 35.5. The van der Waals surface area contributed by atoms with Crippen molar-refractivity contribution in [1.29, 1.82) is 0 Å². The number of carbonyl (C=O) groups excluding carboxylic acids is 2. The number of benzene rings is 2. The smallest absolute Gasteiger partial charge is 0.253 e. The van der Waals surface area contributed by atoms with Crippen LogP contribution in [-0.2, 0) is 11.8 Å². The Morgan fingerprint density at radius 2 is 1.76 bits per heavy atom. The van der Waals surface area contributed by atoms with Crippen molar-refractivity contribution in [2.75, 3.05) is 11.1 Å². The quantitative estimate of drug-likeness (QED) is 0.388. The molecule has 3 aromatic rings. The molecule has 0 unspecified atom stereocenters. The molecule has 3 rings (SSSR count). The average Bonchev–Trinajstić information content (AvgIpc) is 3.11. The summed E-state index contributed by atoms with van der Waals surface area (Å²) in [6, 6.07) is 12.5. The van der Waals surface area contributed by atoms with E-state index in [1.807, 2.05) is 37.6 Å². The van der Waals surface area contributed by atoms with Crippen LogP contribution in [0.25, 0.3) is 0 Å². The van der Waals surface area contributed by atoms with E-state index in [4.69, 9.17) is 11.6 Å². The Bertz CT molecular complexity index is 1160. The lowest BCUT2D eigenvalue weighted by molar-refractivity contribution is -0.113. The average molecular weight is 500 g/mol. The topological polar surface area (TPSA) is 88.9 Å². The first-order valence-corrected chi connectivity index (χ1v) is 12.5. The SMILES string of the molecule is Cc1cc(C)cc(NC(=O)CSc2nnc([C@H](CC(C)C)NC(=O)c3ccccc3Cl)n2C)c1. The van der Waals surface area contributed by atoms with Crippen molar-refractivity contribution in [3.8, 4) is 0 Å². The third-order valence-electron chi connectivity index (χ3n) is 5.15. The molecule has 0 bridgehead atoms. The van der Waals surface area contributed by atoms with Crippen LogP contribution < -0.4 is 10.6 Å². The molecule has 2 aromatic carbocycles. The van der Waals surface area contributed by atoms with Gasteiger partial charge in [-0.25, -0.2) is 0 Å². The van der Waals surface area contributed by atoms with E-state index in [-0.39, 0.29) is 23.6 Å². The van der Waals surface area contributed by atoms with Crippen LogP contribution in [0.2, 0.25) is 5.02 Å². The Morgan fingerprint density at radius 3 is 2.41 bits per heavy atom. The standard InChI is InChI=1S/C25H30ClN5O2S/c1-15(2)10-21(28-24(33)19-8-6-7-9-20(19)26)23-29-30-25(31(23)5)34-14-22(32)27-18-12-16(3)11-17(4)13-18/h6-9,11-13,15,21H,10,14H2,1-5H3,(H,27,32)(H,28,33)/t21-/m0/s1. The van der Waals surface area contributed by atoms with Crippen LogP contribution in [0.3, 0.4) is 0 Å². The van der Waals surface area contributed by atoms with Gasteiger partial charge in [0.1, 0.15) is 0 Å². The van der Waals surface area contributed by atoms with Crippen molar-refractivity contribution in [1.82, 2.24) is 20.1 Å². The third-order valence-corrected chi connectivity index (χ3v) is 6.50. The van der Waals surface area contributed by atoms with Gasteiger partial charge in [-0.3, -0.25) is 9.59 Å². The molecule has 1 atom stereocenters. The first-order valence-electron chi connectivity index (χ1n) is 11.1. The van der Waals surface area contributed by atoms with E-state index in [0.717, 1.165) is 16.8 Å². The summed E-state index contributed by atoms with van der Waals surface area (Å²) in [5.74, 6) is 0.755. The van der Waals surface area contributed by atoms with Gasteiger partial charge in [-0.2, -0.15) is 0 Å². The zero-order chi connectivity index (χ0) is 24.8. The van der Waals surface area contributed by atoms with Crippen molar-refractivity contribution < 1.29 is 9.59 Å². The second-order valence-corrected chi connectivity index (χ2v) is 10.1. The minimum absolute atomic E-state index is 0.120. The summed E-state index contributed by atoms with van der Waals surface area (Å²) in [5.41, 5.74) is 3.38. The number of nitrogens with one attached hydrogen (secondary N) is 2. The molecule has 1 heterocycles. The molecule has 2 amide bonds. The number of amides is 2. The lowest BCUT2D eigenvalue weighted by atomic mass is 10.0. The van der Waals surface area contributed by atoms with Crippen molar-refractivity contribution in [2.24, 2.45) is 13.0 Å². The fourth-order valence-corrected chi connectivity index (χ4v) is 4.65. The fourth-order valence-electron chi connectivity index (χ4n) is 3.71. The van der Waals surface area contributed by atoms with Gasteiger partial charge >= 0.3 is 0 Å². The monoisotopic (exact) mass is 499 g/mol. The number of carbonyl (C=O) groups is 2. The summed E-state index contributed by atoms with van der Waals surface area (Å²) in [6.45, 7) is 8.16. The van der Waals surface area contributed by atoms with Gasteiger partial charge in [0.2, 0.25) is 5.91 Å². The predicted molar refractivity (Wildman–Crippen MR) is 137 cm³/mol. The summed E-state index contributed by atoms with van der Waals surface area (Å²) >= 11 is 7.50. The Kier molecular flexibility index (Phi) is 8.74. The van der Waals surface area contributed by atoms with E-state index in [9.17, 15) is 9.59 Å². The summed E-state index contributed by atoms with van der Waals surface area (Å²) in [7, 11) is 1.84. The van der Waals surface area contributed by atoms with Crippen molar-refractivity contribution in [2.45, 2.75) is 45.3 Å². The fraction of sp³-hybridized carbons (Fsp3) is 0.360. The molecule has 0 aliphatic heterocycles. The summed E-state index contributed by atoms with van der Waals surface area (Å²) in [6.07, 6.45) is 0.681. The number of rotatable bonds is 9. The van der Waals surface area contributed by atoms with Gasteiger partial charge in [0.15, 0.2) is 11.0 Å². The highest BCUT2D eigenvalue weighted by molar-refractivity contribution is 7.99. The lowest BCUT2D eigenvalue weighted by Gasteiger charge is -2.20. The second-order valence-electron chi connectivity index (χ2n) is 8.75. The highest BCUT2D eigenvalue weighted by Crippen LogP contribution is 2.25. The maximum absolute atomic E-state index is 12.9. The number of aryl methyl sites for hydroxylation is 2. The first-order chi connectivity index (χ1) is 16.1. The Labute approximate surface area is 209 Å². The molecular formula is C25H30ClN5O2S. The van der Waals surface area contributed by atoms with Crippen LogP contribution in [0, 0.1) is 19.8 Å². The van der Waals surface area contributed by atoms with Gasteiger partial charge in [-0.1, -0.05) is 55.4 Å². The van der Waals surface area contributed by atoms with Gasteiger partial charge < -0.3 is 15.2 Å². The van der Waals surface area contributed by atoms with Gasteiger partial charge in [0, 0.05) is 12.7 Å². The zero-order valence-electron chi connectivity index (χ0n) is 20.1. The molecule has 2 N–H and O–H groups in total. The minimum atomic E-state index is -0.347. The van der Waals surface area contributed by atoms with E-state index in [1.54, 1.807) is 24.3 Å². The van der Waals surface area contributed by atoms with Gasteiger partial charge in [0.25, 0.3) is 5.91 Å². The molecule has 0 spiro atoms. The zero-order valence-corrected chi connectivity index (χ0v) is 21.6. The number of thioether (sulfide) groups is 1. The number of hydrogen-bond acceptors (Lipinski definition) is 5. The number of aromatic nitrogens is 3. The van der Waals surface area contributed by atoms with E-state index >= 15 is 0 Å². The molecule has 0 saturated heterocycles. The summed E-state index contributed by atoms with van der Waals surface area (Å²) in [5, 5.41) is 15.6. The highest BCUT2D eigenvalue weighted by Gasteiger charge is 2.24. The third kappa shape index (κ3) is 6.84. The number of nitrogens with zero attached hydrogens (tertiary/aromatic N) is 3. The van der Waals surface area contributed by atoms with Crippen LogP contribution in [0.4, 0.5) is 5.69 Å². The molecular weight excluding hydrogens is 470 g/mol. The molecule has 0 fully saturated rings. The molecule has 34 heavy (non-hydrogen) atoms. The van der Waals surface area contributed by atoms with Crippen LogP contribution in [0.5, 0.6) is 0 Å². The van der Waals surface area contributed by atoms with Gasteiger partial charge in [-0.05, 0) is 61.6 Å². The van der Waals surface area contributed by atoms with Gasteiger partial charge in [-0.15, -0.1) is 10.2 Å². The molecule has 0 radical (unpaired) electrons. The molecule has 7 nitrogen and oxygen atoms in total. The normalized spacial score (nSPS) is 12.0. The maximum atomic E-state index is 12.9. The largest absolute Gasteiger partial charge is 0.342 e. The molecule has 0 aliphatic carbocycles. The number of anilines is 1. The summed E-state index contributed by atoms with van der Waals surface area (Å²) < 4.78 is 1.83. The molecule has 9 heteroatoms. The van der Waals surface area contributed by atoms with Crippen LogP contribution in [0.1, 0.15) is 53.6 Å². The van der Waals surface area contributed by atoms with Crippen molar-refractivity contribution >= 4 is 40.9 Å². The van der Waals surface area contributed by atoms with Gasteiger partial charge in [0.05, 0.1) is 22.4 Å². The van der Waals surface area contributed by atoms with Crippen LogP contribution in [-0.4, -0.2) is 32.3 Å². The Hall–Kier alpha value is -2.84. The summed E-state index contributed by atoms with van der Waals surface area (Å²) in [4.78, 5) is 25.4. The molecule has 0 aliphatic rings. The Balaban J connectivity index is 1.69. The molecule has 1 aromatic heterocycles. The minimum Gasteiger partial charge on any atom is -0.342 e. The van der Waals surface area contributed by atoms with E-state index in [2.05, 4.69) is 40.7 Å². The van der Waals surface area contributed by atoms with Crippen molar-refractivity contribution in [3.63, 3.8) is 0 Å². The van der Waals surface area contributed by atoms with Crippen LogP contribution >= 0.6 is 23.4 Å². The van der Waals surface area contributed by atoms with Crippen LogP contribution in [0.15, 0.2) is 47.6 Å². The second kappa shape index (κ2) is 11.5. The predicted octanol–water partition coefficient (Wildman–Crippen LogP) is 5.33. The molecule has 0 saturated carbocycles. The maximum Gasteiger partial charge on any atom is 0.253 e. The number of hydrogen-bond donors (Lipinski definition) is 2. The first kappa shape index (κ1) is 25.8. The van der Waals surface area contributed by atoms with E-state index < -0.39 is 0 Å².